The van der Waals surface area contributed by atoms with E-state index in [1.54, 1.807) is 12.1 Å². The van der Waals surface area contributed by atoms with E-state index >= 15 is 0 Å². The molecule has 3 nitrogen and oxygen atoms in total. The molecule has 0 N–H and O–H groups in total. The number of anilines is 1. The molecule has 1 saturated heterocycles. The Bertz CT molecular complexity index is 391. The maximum absolute atomic E-state index is 12.8. The number of nitrogens with zero attached hydrogens (tertiary/aromatic N) is 2. The van der Waals surface area contributed by atoms with Gasteiger partial charge in [0.15, 0.2) is 0 Å². The molecule has 0 aliphatic carbocycles. The van der Waals surface area contributed by atoms with Gasteiger partial charge >= 0.3 is 0 Å². The van der Waals surface area contributed by atoms with Crippen molar-refractivity contribution in [2.24, 2.45) is 0 Å². The highest BCUT2D eigenvalue weighted by molar-refractivity contribution is 5.78. The summed E-state index contributed by atoms with van der Waals surface area (Å²) in [7, 11) is 1.95. The van der Waals surface area contributed by atoms with E-state index in [1.807, 2.05) is 16.8 Å². The van der Waals surface area contributed by atoms with Crippen LogP contribution in [0.2, 0.25) is 0 Å². The minimum absolute atomic E-state index is 0.225. The van der Waals surface area contributed by atoms with Crippen LogP contribution < -0.4 is 4.90 Å². The molecule has 0 aromatic heterocycles. The van der Waals surface area contributed by atoms with E-state index in [1.165, 1.54) is 12.1 Å². The second-order valence-corrected chi connectivity index (χ2v) is 4.38. The number of benzene rings is 1. The molecule has 1 amide bonds. The lowest BCUT2D eigenvalue weighted by atomic mass is 10.3. The summed E-state index contributed by atoms with van der Waals surface area (Å²) >= 11 is 0. The lowest BCUT2D eigenvalue weighted by Gasteiger charge is -2.23. The predicted molar refractivity (Wildman–Crippen MR) is 65.5 cm³/mol. The normalized spacial score (nSPS) is 15.4. The van der Waals surface area contributed by atoms with Crippen molar-refractivity contribution in [3.63, 3.8) is 0 Å². The van der Waals surface area contributed by atoms with Gasteiger partial charge in [0, 0.05) is 38.8 Å². The van der Waals surface area contributed by atoms with E-state index in [2.05, 4.69) is 0 Å². The first-order chi connectivity index (χ1) is 8.16. The molecule has 2 rings (SSSR count). The Labute approximate surface area is 101 Å². The van der Waals surface area contributed by atoms with Crippen LogP contribution in [-0.2, 0) is 4.79 Å². The van der Waals surface area contributed by atoms with Gasteiger partial charge in [-0.05, 0) is 30.7 Å². The lowest BCUT2D eigenvalue weighted by Crippen LogP contribution is -2.33. The molecular weight excluding hydrogens is 219 g/mol. The molecule has 0 bridgehead atoms. The van der Waals surface area contributed by atoms with Crippen LogP contribution >= 0.6 is 0 Å². The van der Waals surface area contributed by atoms with Crippen LogP contribution in [0.15, 0.2) is 24.3 Å². The molecule has 1 fully saturated rings. The second kappa shape index (κ2) is 5.17. The number of rotatable bonds is 4. The number of amides is 1. The number of hydrogen-bond acceptors (Lipinski definition) is 2. The molecule has 0 atom stereocenters. The van der Waals surface area contributed by atoms with Gasteiger partial charge in [-0.2, -0.15) is 0 Å². The molecule has 92 valence electrons. The van der Waals surface area contributed by atoms with Gasteiger partial charge < -0.3 is 9.80 Å². The van der Waals surface area contributed by atoms with Gasteiger partial charge in [-0.15, -0.1) is 0 Å². The molecule has 0 unspecified atom stereocenters. The SMILES string of the molecule is CN(CCN1CCCC1=O)c1ccc(F)cc1. The Balaban J connectivity index is 1.86. The van der Waals surface area contributed by atoms with Crippen LogP contribution in [0.3, 0.4) is 0 Å². The Kier molecular flexibility index (Phi) is 3.61. The first-order valence-electron chi connectivity index (χ1n) is 5.91. The number of likely N-dealkylation sites (N-methyl/N-ethyl adjacent to an activating group) is 1. The Morgan fingerprint density at radius 1 is 1.35 bits per heavy atom. The quantitative estimate of drug-likeness (QED) is 0.797. The van der Waals surface area contributed by atoms with Gasteiger partial charge in [0.2, 0.25) is 5.91 Å². The zero-order valence-electron chi connectivity index (χ0n) is 10.0. The summed E-state index contributed by atoms with van der Waals surface area (Å²) in [6, 6.07) is 6.40. The fraction of sp³-hybridized carbons (Fsp3) is 0.462. The number of halogens is 1. The van der Waals surface area contributed by atoms with Crippen molar-refractivity contribution in [3.8, 4) is 0 Å². The van der Waals surface area contributed by atoms with E-state index in [0.29, 0.717) is 6.42 Å². The van der Waals surface area contributed by atoms with Gasteiger partial charge in [-0.25, -0.2) is 4.39 Å². The van der Waals surface area contributed by atoms with Gasteiger partial charge in [0.1, 0.15) is 5.82 Å². The van der Waals surface area contributed by atoms with E-state index in [4.69, 9.17) is 0 Å². The number of hydrogen-bond donors (Lipinski definition) is 0. The van der Waals surface area contributed by atoms with E-state index in [0.717, 1.165) is 31.7 Å². The lowest BCUT2D eigenvalue weighted by molar-refractivity contribution is -0.127. The standard InChI is InChI=1S/C13H17FN2O/c1-15(12-6-4-11(14)5-7-12)9-10-16-8-2-3-13(16)17/h4-7H,2-3,8-10H2,1H3. The fourth-order valence-electron chi connectivity index (χ4n) is 2.04. The molecule has 4 heteroatoms. The second-order valence-electron chi connectivity index (χ2n) is 4.38. The molecule has 1 aromatic rings. The molecule has 1 aliphatic heterocycles. The summed E-state index contributed by atoms with van der Waals surface area (Å²) in [4.78, 5) is 15.3. The van der Waals surface area contributed by atoms with Crippen molar-refractivity contribution in [1.82, 2.24) is 4.90 Å². The van der Waals surface area contributed by atoms with Crippen LogP contribution in [0.4, 0.5) is 10.1 Å². The summed E-state index contributed by atoms with van der Waals surface area (Å²) < 4.78 is 12.8. The van der Waals surface area contributed by atoms with Crippen molar-refractivity contribution in [3.05, 3.63) is 30.1 Å². The molecule has 1 aromatic carbocycles. The van der Waals surface area contributed by atoms with Crippen molar-refractivity contribution in [2.45, 2.75) is 12.8 Å². The minimum atomic E-state index is -0.225. The highest BCUT2D eigenvalue weighted by atomic mass is 19.1. The average Bonchev–Trinajstić information content (AvgIpc) is 2.73. The van der Waals surface area contributed by atoms with Gasteiger partial charge in [-0.3, -0.25) is 4.79 Å². The zero-order chi connectivity index (χ0) is 12.3. The van der Waals surface area contributed by atoms with Crippen LogP contribution in [0.5, 0.6) is 0 Å². The average molecular weight is 236 g/mol. The van der Waals surface area contributed by atoms with Crippen LogP contribution in [-0.4, -0.2) is 37.5 Å². The van der Waals surface area contributed by atoms with E-state index in [-0.39, 0.29) is 11.7 Å². The molecule has 0 spiro atoms. The third-order valence-corrected chi connectivity index (χ3v) is 3.14. The zero-order valence-corrected chi connectivity index (χ0v) is 10.0. The summed E-state index contributed by atoms with van der Waals surface area (Å²) in [5.74, 6) is 0.0226. The Morgan fingerprint density at radius 3 is 2.65 bits per heavy atom. The number of carbonyl (C=O) groups is 1. The molecular formula is C13H17FN2O. The van der Waals surface area contributed by atoms with Crippen molar-refractivity contribution >= 4 is 11.6 Å². The summed E-state index contributed by atoms with van der Waals surface area (Å²) in [6.07, 6.45) is 1.65. The predicted octanol–water partition coefficient (Wildman–Crippen LogP) is 1.88. The van der Waals surface area contributed by atoms with Gasteiger partial charge in [-0.1, -0.05) is 0 Å². The third kappa shape index (κ3) is 2.96. The van der Waals surface area contributed by atoms with Gasteiger partial charge in [0.05, 0.1) is 0 Å². The van der Waals surface area contributed by atoms with E-state index in [9.17, 15) is 9.18 Å². The van der Waals surface area contributed by atoms with Gasteiger partial charge in [0.25, 0.3) is 0 Å². The highest BCUT2D eigenvalue weighted by Gasteiger charge is 2.19. The Morgan fingerprint density at radius 2 is 2.06 bits per heavy atom. The van der Waals surface area contributed by atoms with Crippen molar-refractivity contribution < 1.29 is 9.18 Å². The van der Waals surface area contributed by atoms with Crippen molar-refractivity contribution in [1.29, 1.82) is 0 Å². The summed E-state index contributed by atoms with van der Waals surface area (Å²) in [6.45, 7) is 2.39. The fourth-order valence-corrected chi connectivity index (χ4v) is 2.04. The molecule has 0 saturated carbocycles. The monoisotopic (exact) mass is 236 g/mol. The number of carbonyl (C=O) groups excluding carboxylic acids is 1. The number of likely N-dealkylation sites (tertiary alicyclic amines) is 1. The first kappa shape index (κ1) is 11.9. The van der Waals surface area contributed by atoms with Crippen LogP contribution in [0, 0.1) is 5.82 Å². The van der Waals surface area contributed by atoms with Crippen LogP contribution in [0.1, 0.15) is 12.8 Å². The van der Waals surface area contributed by atoms with Crippen LogP contribution in [0.25, 0.3) is 0 Å². The molecule has 1 heterocycles. The largest absolute Gasteiger partial charge is 0.373 e. The highest BCUT2D eigenvalue weighted by Crippen LogP contribution is 2.14. The third-order valence-electron chi connectivity index (χ3n) is 3.14. The molecule has 1 aliphatic rings. The molecule has 0 radical (unpaired) electrons. The summed E-state index contributed by atoms with van der Waals surface area (Å²) in [5, 5.41) is 0. The Hall–Kier alpha value is -1.58. The first-order valence-corrected chi connectivity index (χ1v) is 5.91. The minimum Gasteiger partial charge on any atom is -0.373 e. The smallest absolute Gasteiger partial charge is 0.222 e. The van der Waals surface area contributed by atoms with E-state index < -0.39 is 0 Å². The maximum Gasteiger partial charge on any atom is 0.222 e. The summed E-state index contributed by atoms with van der Waals surface area (Å²) in [5.41, 5.74) is 0.970. The topological polar surface area (TPSA) is 23.6 Å². The molecule has 17 heavy (non-hydrogen) atoms. The maximum atomic E-state index is 12.8. The van der Waals surface area contributed by atoms with Crippen molar-refractivity contribution in [2.75, 3.05) is 31.6 Å².